The minimum absolute atomic E-state index is 0.00508. The van der Waals surface area contributed by atoms with Crippen LogP contribution in [-0.2, 0) is 30.4 Å². The van der Waals surface area contributed by atoms with E-state index in [1.54, 1.807) is 19.9 Å². The Bertz CT molecular complexity index is 866. The Balaban J connectivity index is 1.89. The van der Waals surface area contributed by atoms with Crippen LogP contribution in [0.3, 0.4) is 0 Å². The van der Waals surface area contributed by atoms with Crippen LogP contribution in [0.15, 0.2) is 42.0 Å². The highest BCUT2D eigenvalue weighted by atomic mass is 16.5. The molecule has 160 valence electrons. The van der Waals surface area contributed by atoms with Gasteiger partial charge in [-0.2, -0.15) is 0 Å². The van der Waals surface area contributed by atoms with Crippen molar-refractivity contribution in [3.05, 3.63) is 47.5 Å². The molecular weight excluding hydrogens is 388 g/mol. The van der Waals surface area contributed by atoms with Gasteiger partial charge in [0.15, 0.2) is 0 Å². The molecule has 1 atom stereocenters. The summed E-state index contributed by atoms with van der Waals surface area (Å²) in [6, 6.07) is 8.74. The van der Waals surface area contributed by atoms with Crippen molar-refractivity contribution in [3.63, 3.8) is 0 Å². The molecule has 30 heavy (non-hydrogen) atoms. The SMILES string of the molecule is CCOC(=O)CCC12CC=C(C(=O)OCC)CN1C(=O)N(Cc1ccccc1)C2=O. The molecule has 1 fully saturated rings. The molecule has 1 aromatic carbocycles. The molecule has 2 aliphatic heterocycles. The first-order valence-corrected chi connectivity index (χ1v) is 10.1. The molecule has 0 spiro atoms. The molecule has 2 heterocycles. The number of amides is 3. The highest BCUT2D eigenvalue weighted by Crippen LogP contribution is 2.40. The van der Waals surface area contributed by atoms with Gasteiger partial charge in [-0.3, -0.25) is 14.5 Å². The second kappa shape index (κ2) is 9.11. The van der Waals surface area contributed by atoms with E-state index < -0.39 is 23.5 Å². The fourth-order valence-electron chi connectivity index (χ4n) is 3.89. The molecule has 0 radical (unpaired) electrons. The zero-order valence-electron chi connectivity index (χ0n) is 17.3. The van der Waals surface area contributed by atoms with Crippen molar-refractivity contribution in [2.24, 2.45) is 0 Å². The highest BCUT2D eigenvalue weighted by molar-refractivity contribution is 6.08. The number of rotatable bonds is 8. The van der Waals surface area contributed by atoms with Crippen LogP contribution in [-0.4, -0.2) is 59.0 Å². The van der Waals surface area contributed by atoms with Gasteiger partial charge in [-0.15, -0.1) is 0 Å². The van der Waals surface area contributed by atoms with Crippen LogP contribution in [0.25, 0.3) is 0 Å². The van der Waals surface area contributed by atoms with E-state index in [4.69, 9.17) is 9.47 Å². The van der Waals surface area contributed by atoms with Gasteiger partial charge in [-0.1, -0.05) is 36.4 Å². The third-order valence-electron chi connectivity index (χ3n) is 5.41. The van der Waals surface area contributed by atoms with Gasteiger partial charge < -0.3 is 14.4 Å². The van der Waals surface area contributed by atoms with E-state index in [2.05, 4.69) is 0 Å². The number of benzene rings is 1. The lowest BCUT2D eigenvalue weighted by Crippen LogP contribution is -2.53. The van der Waals surface area contributed by atoms with E-state index in [1.807, 2.05) is 30.3 Å². The molecule has 1 aromatic rings. The number of carbonyl (C=O) groups excluding carboxylic acids is 4. The first-order valence-electron chi connectivity index (χ1n) is 10.1. The van der Waals surface area contributed by atoms with Gasteiger partial charge in [0.05, 0.1) is 31.9 Å². The van der Waals surface area contributed by atoms with E-state index in [0.29, 0.717) is 5.57 Å². The molecule has 8 heteroatoms. The Labute approximate surface area is 175 Å². The standard InChI is InChI=1S/C22H26N2O6/c1-3-29-18(25)11-13-22-12-10-17(19(26)30-4-2)15-24(22)21(28)23(20(22)27)14-16-8-6-5-7-9-16/h5-10H,3-4,11-15H2,1-2H3. The Hall–Kier alpha value is -3.16. The monoisotopic (exact) mass is 414 g/mol. The van der Waals surface area contributed by atoms with Gasteiger partial charge in [0.1, 0.15) is 5.54 Å². The molecule has 3 rings (SSSR count). The number of fused-ring (bicyclic) bond motifs is 1. The Morgan fingerprint density at radius 1 is 1.07 bits per heavy atom. The van der Waals surface area contributed by atoms with Crippen LogP contribution >= 0.6 is 0 Å². The van der Waals surface area contributed by atoms with Crippen molar-refractivity contribution in [1.29, 1.82) is 0 Å². The minimum atomic E-state index is -1.20. The van der Waals surface area contributed by atoms with Crippen molar-refractivity contribution in [2.75, 3.05) is 19.8 Å². The number of hydrogen-bond acceptors (Lipinski definition) is 6. The van der Waals surface area contributed by atoms with Crippen LogP contribution in [0.1, 0.15) is 38.7 Å². The lowest BCUT2D eigenvalue weighted by Gasteiger charge is -2.37. The molecule has 8 nitrogen and oxygen atoms in total. The molecule has 0 N–H and O–H groups in total. The second-order valence-corrected chi connectivity index (χ2v) is 7.24. The fraction of sp³-hybridized carbons (Fsp3) is 0.455. The molecule has 0 aliphatic carbocycles. The number of esters is 2. The maximum atomic E-state index is 13.4. The molecule has 1 saturated heterocycles. The van der Waals surface area contributed by atoms with Gasteiger partial charge in [0.2, 0.25) is 0 Å². The predicted molar refractivity (Wildman–Crippen MR) is 107 cm³/mol. The molecule has 3 amide bonds. The molecule has 1 unspecified atom stereocenters. The normalized spacial score (nSPS) is 20.7. The summed E-state index contributed by atoms with van der Waals surface area (Å²) in [7, 11) is 0. The lowest BCUT2D eigenvalue weighted by atomic mass is 9.84. The smallest absolute Gasteiger partial charge is 0.335 e. The summed E-state index contributed by atoms with van der Waals surface area (Å²) in [6.45, 7) is 3.98. The fourth-order valence-corrected chi connectivity index (χ4v) is 3.89. The number of ether oxygens (including phenoxy) is 2. The average Bonchev–Trinajstić information content (AvgIpc) is 2.95. The number of nitrogens with zero attached hydrogens (tertiary/aromatic N) is 2. The third kappa shape index (κ3) is 4.08. The highest BCUT2D eigenvalue weighted by Gasteiger charge is 2.58. The van der Waals surface area contributed by atoms with Crippen molar-refractivity contribution >= 4 is 23.9 Å². The molecule has 0 aromatic heterocycles. The Morgan fingerprint density at radius 3 is 2.43 bits per heavy atom. The summed E-state index contributed by atoms with van der Waals surface area (Å²) < 4.78 is 10.1. The molecule has 2 aliphatic rings. The topological polar surface area (TPSA) is 93.2 Å². The van der Waals surface area contributed by atoms with Crippen molar-refractivity contribution in [2.45, 2.75) is 45.2 Å². The van der Waals surface area contributed by atoms with Crippen molar-refractivity contribution in [1.82, 2.24) is 9.80 Å². The Morgan fingerprint density at radius 2 is 1.77 bits per heavy atom. The summed E-state index contributed by atoms with van der Waals surface area (Å²) in [5.74, 6) is -1.29. The van der Waals surface area contributed by atoms with E-state index in [-0.39, 0.29) is 51.5 Å². The van der Waals surface area contributed by atoms with Gasteiger partial charge in [0.25, 0.3) is 5.91 Å². The average molecular weight is 414 g/mol. The van der Waals surface area contributed by atoms with Crippen LogP contribution in [0.4, 0.5) is 4.79 Å². The second-order valence-electron chi connectivity index (χ2n) is 7.24. The number of imide groups is 1. The minimum Gasteiger partial charge on any atom is -0.466 e. The van der Waals surface area contributed by atoms with E-state index >= 15 is 0 Å². The summed E-state index contributed by atoms with van der Waals surface area (Å²) in [6.07, 6.45) is 1.94. The van der Waals surface area contributed by atoms with Gasteiger partial charge in [-0.25, -0.2) is 9.59 Å². The van der Waals surface area contributed by atoms with Gasteiger partial charge in [-0.05, 0) is 32.3 Å². The maximum Gasteiger partial charge on any atom is 0.335 e. The first-order chi connectivity index (χ1) is 14.4. The van der Waals surface area contributed by atoms with E-state index in [9.17, 15) is 19.2 Å². The van der Waals surface area contributed by atoms with E-state index in [1.165, 1.54) is 9.80 Å². The summed E-state index contributed by atoms with van der Waals surface area (Å²) in [4.78, 5) is 53.4. The van der Waals surface area contributed by atoms with Crippen molar-refractivity contribution < 1.29 is 28.7 Å². The predicted octanol–water partition coefficient (Wildman–Crippen LogP) is 2.43. The van der Waals surface area contributed by atoms with Crippen LogP contribution in [0.2, 0.25) is 0 Å². The molecule has 0 saturated carbocycles. The first kappa shape index (κ1) is 21.5. The lowest BCUT2D eigenvalue weighted by molar-refractivity contribution is -0.145. The van der Waals surface area contributed by atoms with Crippen molar-refractivity contribution in [3.8, 4) is 0 Å². The quantitative estimate of drug-likeness (QED) is 0.479. The largest absolute Gasteiger partial charge is 0.466 e. The molecular formula is C22H26N2O6. The molecule has 0 bridgehead atoms. The zero-order valence-corrected chi connectivity index (χ0v) is 17.3. The summed E-state index contributed by atoms with van der Waals surface area (Å²) in [5, 5.41) is 0. The number of urea groups is 1. The van der Waals surface area contributed by atoms with E-state index in [0.717, 1.165) is 5.56 Å². The third-order valence-corrected chi connectivity index (χ3v) is 5.41. The van der Waals surface area contributed by atoms with Crippen LogP contribution < -0.4 is 0 Å². The Kier molecular flexibility index (Phi) is 6.54. The van der Waals surface area contributed by atoms with Crippen LogP contribution in [0, 0.1) is 0 Å². The van der Waals surface area contributed by atoms with Gasteiger partial charge >= 0.3 is 18.0 Å². The number of carbonyl (C=O) groups is 4. The zero-order chi connectivity index (χ0) is 21.7. The van der Waals surface area contributed by atoms with Gasteiger partial charge in [0, 0.05) is 6.42 Å². The maximum absolute atomic E-state index is 13.4. The van der Waals surface area contributed by atoms with Crippen LogP contribution in [0.5, 0.6) is 0 Å². The number of hydrogen-bond donors (Lipinski definition) is 0. The summed E-state index contributed by atoms with van der Waals surface area (Å²) >= 11 is 0. The summed E-state index contributed by atoms with van der Waals surface area (Å²) in [5.41, 5.74) is -0.0429.